The Kier molecular flexibility index (Phi) is 5.47. The van der Waals surface area contributed by atoms with Crippen LogP contribution in [0.2, 0.25) is 0 Å². The summed E-state index contributed by atoms with van der Waals surface area (Å²) in [5.74, 6) is 0.0687. The molecule has 1 aromatic carbocycles. The quantitative estimate of drug-likeness (QED) is 0.863. The van der Waals surface area contributed by atoms with Gasteiger partial charge in [0.15, 0.2) is 0 Å². The molecule has 2 N–H and O–H groups in total. The van der Waals surface area contributed by atoms with Gasteiger partial charge in [-0.1, -0.05) is 24.3 Å². The molecule has 1 atom stereocenters. The molecule has 4 nitrogen and oxygen atoms in total. The molecule has 1 heterocycles. The molecule has 0 aliphatic heterocycles. The molecular weight excluding hydrogens is 282 g/mol. The third-order valence-corrected chi connectivity index (χ3v) is 4.38. The molecule has 0 fully saturated rings. The molecule has 2 aromatic rings. The number of aryl methyl sites for hydroxylation is 1. The number of rotatable bonds is 6. The molecule has 1 unspecified atom stereocenters. The standard InChI is InChI=1S/C16H21N3OS/c1-11(19-15(20)8-9-17-3)13-4-6-14(7-5-13)16-12(2)18-10-21-16/h4-7,10-11,17H,8-9H2,1-3H3,(H,19,20). The van der Waals surface area contributed by atoms with Gasteiger partial charge in [0.1, 0.15) is 0 Å². The van der Waals surface area contributed by atoms with Gasteiger partial charge in [-0.3, -0.25) is 4.79 Å². The number of thiazole rings is 1. The first-order valence-corrected chi connectivity index (χ1v) is 7.94. The minimum atomic E-state index is 0.0194. The number of nitrogens with one attached hydrogen (secondary N) is 2. The second-order valence-electron chi connectivity index (χ2n) is 5.03. The van der Waals surface area contributed by atoms with E-state index >= 15 is 0 Å². The zero-order chi connectivity index (χ0) is 15.2. The molecule has 0 bridgehead atoms. The lowest BCUT2D eigenvalue weighted by Crippen LogP contribution is -2.28. The molecule has 5 heteroatoms. The topological polar surface area (TPSA) is 54.0 Å². The van der Waals surface area contributed by atoms with Crippen molar-refractivity contribution in [1.82, 2.24) is 15.6 Å². The molecule has 0 saturated heterocycles. The van der Waals surface area contributed by atoms with Crippen LogP contribution in [0.3, 0.4) is 0 Å². The average Bonchev–Trinajstić information content (AvgIpc) is 2.91. The molecule has 2 rings (SSSR count). The summed E-state index contributed by atoms with van der Waals surface area (Å²) in [5, 5.41) is 5.98. The first-order chi connectivity index (χ1) is 10.1. The van der Waals surface area contributed by atoms with E-state index in [9.17, 15) is 4.79 Å². The van der Waals surface area contributed by atoms with Crippen LogP contribution in [0.15, 0.2) is 29.8 Å². The smallest absolute Gasteiger partial charge is 0.221 e. The minimum Gasteiger partial charge on any atom is -0.350 e. The van der Waals surface area contributed by atoms with Gasteiger partial charge in [-0.15, -0.1) is 11.3 Å². The van der Waals surface area contributed by atoms with E-state index in [4.69, 9.17) is 0 Å². The normalized spacial score (nSPS) is 12.1. The number of amides is 1. The van der Waals surface area contributed by atoms with Crippen LogP contribution in [0.4, 0.5) is 0 Å². The van der Waals surface area contributed by atoms with Gasteiger partial charge in [-0.25, -0.2) is 4.98 Å². The predicted molar refractivity (Wildman–Crippen MR) is 87.4 cm³/mol. The highest BCUT2D eigenvalue weighted by Crippen LogP contribution is 2.28. The summed E-state index contributed by atoms with van der Waals surface area (Å²) < 4.78 is 0. The monoisotopic (exact) mass is 303 g/mol. The maximum atomic E-state index is 11.7. The van der Waals surface area contributed by atoms with Crippen molar-refractivity contribution in [3.05, 3.63) is 41.0 Å². The summed E-state index contributed by atoms with van der Waals surface area (Å²) in [6, 6.07) is 8.33. The highest BCUT2D eigenvalue weighted by atomic mass is 32.1. The second-order valence-corrected chi connectivity index (χ2v) is 5.89. The number of carbonyl (C=O) groups excluding carboxylic acids is 1. The molecule has 1 aromatic heterocycles. The lowest BCUT2D eigenvalue weighted by Gasteiger charge is -2.14. The van der Waals surface area contributed by atoms with E-state index in [-0.39, 0.29) is 11.9 Å². The fraction of sp³-hybridized carbons (Fsp3) is 0.375. The lowest BCUT2D eigenvalue weighted by atomic mass is 10.0. The van der Waals surface area contributed by atoms with E-state index in [1.807, 2.05) is 26.4 Å². The summed E-state index contributed by atoms with van der Waals surface area (Å²) in [5.41, 5.74) is 5.20. The maximum absolute atomic E-state index is 11.7. The Bertz CT molecular complexity index is 592. The van der Waals surface area contributed by atoms with E-state index in [2.05, 4.69) is 39.9 Å². The van der Waals surface area contributed by atoms with Gasteiger partial charge in [0, 0.05) is 13.0 Å². The van der Waals surface area contributed by atoms with Crippen LogP contribution >= 0.6 is 11.3 Å². The van der Waals surface area contributed by atoms with E-state index < -0.39 is 0 Å². The Hall–Kier alpha value is -1.72. The van der Waals surface area contributed by atoms with Crippen molar-refractivity contribution in [2.24, 2.45) is 0 Å². The summed E-state index contributed by atoms with van der Waals surface area (Å²) >= 11 is 1.65. The molecule has 0 spiro atoms. The van der Waals surface area contributed by atoms with Crippen LogP contribution in [0.25, 0.3) is 10.4 Å². The molecule has 0 aliphatic carbocycles. The van der Waals surface area contributed by atoms with Crippen molar-refractivity contribution < 1.29 is 4.79 Å². The van der Waals surface area contributed by atoms with Crippen molar-refractivity contribution >= 4 is 17.2 Å². The van der Waals surface area contributed by atoms with Gasteiger partial charge in [-0.05, 0) is 32.0 Å². The fourth-order valence-electron chi connectivity index (χ4n) is 2.14. The van der Waals surface area contributed by atoms with Crippen molar-refractivity contribution in [1.29, 1.82) is 0 Å². The molecule has 21 heavy (non-hydrogen) atoms. The van der Waals surface area contributed by atoms with Crippen LogP contribution in [0.1, 0.15) is 30.6 Å². The predicted octanol–water partition coefficient (Wildman–Crippen LogP) is 2.91. The van der Waals surface area contributed by atoms with Gasteiger partial charge in [0.05, 0.1) is 22.1 Å². The van der Waals surface area contributed by atoms with Gasteiger partial charge in [0.2, 0.25) is 5.91 Å². The van der Waals surface area contributed by atoms with Crippen LogP contribution in [0, 0.1) is 6.92 Å². The molecule has 112 valence electrons. The van der Waals surface area contributed by atoms with Crippen LogP contribution in [-0.2, 0) is 4.79 Å². The minimum absolute atomic E-state index is 0.0194. The largest absolute Gasteiger partial charge is 0.350 e. The zero-order valence-corrected chi connectivity index (χ0v) is 13.5. The van der Waals surface area contributed by atoms with Gasteiger partial charge < -0.3 is 10.6 Å². The molecule has 0 aliphatic rings. The third-order valence-electron chi connectivity index (χ3n) is 3.40. The van der Waals surface area contributed by atoms with Crippen molar-refractivity contribution in [3.63, 3.8) is 0 Å². The maximum Gasteiger partial charge on any atom is 0.221 e. The zero-order valence-electron chi connectivity index (χ0n) is 12.6. The van der Waals surface area contributed by atoms with Gasteiger partial charge in [-0.2, -0.15) is 0 Å². The Morgan fingerprint density at radius 2 is 2.05 bits per heavy atom. The van der Waals surface area contributed by atoms with E-state index in [1.165, 1.54) is 10.4 Å². The number of nitrogens with zero attached hydrogens (tertiary/aromatic N) is 1. The van der Waals surface area contributed by atoms with E-state index in [0.29, 0.717) is 13.0 Å². The molecule has 0 radical (unpaired) electrons. The van der Waals surface area contributed by atoms with Gasteiger partial charge in [0.25, 0.3) is 0 Å². The summed E-state index contributed by atoms with van der Waals surface area (Å²) in [7, 11) is 1.84. The van der Waals surface area contributed by atoms with Crippen molar-refractivity contribution in [2.45, 2.75) is 26.3 Å². The number of aromatic nitrogens is 1. The van der Waals surface area contributed by atoms with Crippen molar-refractivity contribution in [3.8, 4) is 10.4 Å². The van der Waals surface area contributed by atoms with Crippen molar-refractivity contribution in [2.75, 3.05) is 13.6 Å². The lowest BCUT2D eigenvalue weighted by molar-refractivity contribution is -0.121. The summed E-state index contributed by atoms with van der Waals surface area (Å²) in [4.78, 5) is 17.2. The number of benzene rings is 1. The average molecular weight is 303 g/mol. The first kappa shape index (κ1) is 15.7. The highest BCUT2D eigenvalue weighted by Gasteiger charge is 2.10. The SMILES string of the molecule is CNCCC(=O)NC(C)c1ccc(-c2scnc2C)cc1. The summed E-state index contributed by atoms with van der Waals surface area (Å²) in [6.07, 6.45) is 0.499. The van der Waals surface area contributed by atoms with Gasteiger partial charge >= 0.3 is 0 Å². The number of hydrogen-bond acceptors (Lipinski definition) is 4. The Balaban J connectivity index is 2.02. The highest BCUT2D eigenvalue weighted by molar-refractivity contribution is 7.13. The van der Waals surface area contributed by atoms with Crippen LogP contribution in [-0.4, -0.2) is 24.5 Å². The Morgan fingerprint density at radius 1 is 1.33 bits per heavy atom. The van der Waals surface area contributed by atoms with E-state index in [0.717, 1.165) is 11.3 Å². The number of carbonyl (C=O) groups is 1. The Labute approximate surface area is 129 Å². The summed E-state index contributed by atoms with van der Waals surface area (Å²) in [6.45, 7) is 4.72. The molecular formula is C16H21N3OS. The first-order valence-electron chi connectivity index (χ1n) is 7.06. The van der Waals surface area contributed by atoms with Crippen LogP contribution < -0.4 is 10.6 Å². The molecule has 0 saturated carbocycles. The fourth-order valence-corrected chi connectivity index (χ4v) is 2.95. The van der Waals surface area contributed by atoms with Crippen LogP contribution in [0.5, 0.6) is 0 Å². The second kappa shape index (κ2) is 7.33. The third kappa shape index (κ3) is 4.12. The molecule has 1 amide bonds. The van der Waals surface area contributed by atoms with E-state index in [1.54, 1.807) is 11.3 Å². The Morgan fingerprint density at radius 3 is 2.62 bits per heavy atom. The number of hydrogen-bond donors (Lipinski definition) is 2.